The Morgan fingerprint density at radius 1 is 1.56 bits per heavy atom. The van der Waals surface area contributed by atoms with Crippen molar-refractivity contribution in [3.05, 3.63) is 22.9 Å². The molecular weight excluding hydrogens is 324 g/mol. The van der Waals surface area contributed by atoms with Crippen LogP contribution in [0.1, 0.15) is 13.3 Å². The topological polar surface area (TPSA) is 96.4 Å². The number of rotatable bonds is 6. The smallest absolute Gasteiger partial charge is 0.307 e. The number of nitrogens with zero attached hydrogens (tertiary/aromatic N) is 1. The van der Waals surface area contributed by atoms with Crippen LogP contribution >= 0.6 is 15.9 Å². The third kappa shape index (κ3) is 4.04. The van der Waals surface area contributed by atoms with Gasteiger partial charge >= 0.3 is 5.97 Å². The number of carboxylic acids is 1. The fraction of sp³-hybridized carbons (Fsp3) is 0.400. The van der Waals surface area contributed by atoms with Crippen molar-refractivity contribution in [1.29, 1.82) is 0 Å². The van der Waals surface area contributed by atoms with Crippen molar-refractivity contribution in [2.45, 2.75) is 18.2 Å². The molecular formula is C10H13BrN2O4S. The maximum atomic E-state index is 11.9. The van der Waals surface area contributed by atoms with Gasteiger partial charge in [-0.2, -0.15) is 0 Å². The van der Waals surface area contributed by atoms with Gasteiger partial charge in [0, 0.05) is 23.4 Å². The Morgan fingerprint density at radius 2 is 2.22 bits per heavy atom. The zero-order valence-corrected chi connectivity index (χ0v) is 12.0. The van der Waals surface area contributed by atoms with Crippen molar-refractivity contribution in [2.24, 2.45) is 5.92 Å². The molecule has 1 aromatic rings. The standard InChI is InChI=1S/C10H13BrN2O4S/c1-2-7(10(14)15)4-13-18(16,17)9-3-8(11)5-12-6-9/h3,5-7,13H,2,4H2,1H3,(H,14,15). The van der Waals surface area contributed by atoms with E-state index < -0.39 is 21.9 Å². The SMILES string of the molecule is CCC(CNS(=O)(=O)c1cncc(Br)c1)C(=O)O. The Labute approximate surface area is 114 Å². The Kier molecular flexibility index (Phi) is 5.24. The van der Waals surface area contributed by atoms with E-state index in [0.717, 1.165) is 0 Å². The molecule has 0 spiro atoms. The number of hydrogen-bond donors (Lipinski definition) is 2. The van der Waals surface area contributed by atoms with Gasteiger partial charge in [0.2, 0.25) is 10.0 Å². The first-order chi connectivity index (χ1) is 8.36. The van der Waals surface area contributed by atoms with Crippen molar-refractivity contribution < 1.29 is 18.3 Å². The molecule has 1 rings (SSSR count). The molecule has 100 valence electrons. The van der Waals surface area contributed by atoms with Gasteiger partial charge in [0.1, 0.15) is 4.90 Å². The minimum Gasteiger partial charge on any atom is -0.481 e. The Hall–Kier alpha value is -0.990. The summed E-state index contributed by atoms with van der Waals surface area (Å²) in [5.41, 5.74) is 0. The number of aromatic nitrogens is 1. The number of hydrogen-bond acceptors (Lipinski definition) is 4. The van der Waals surface area contributed by atoms with Crippen LogP contribution in [-0.4, -0.2) is 31.0 Å². The van der Waals surface area contributed by atoms with Crippen molar-refractivity contribution >= 4 is 31.9 Å². The van der Waals surface area contributed by atoms with E-state index in [2.05, 4.69) is 25.6 Å². The summed E-state index contributed by atoms with van der Waals surface area (Å²) < 4.78 is 26.5. The summed E-state index contributed by atoms with van der Waals surface area (Å²) in [6, 6.07) is 1.40. The van der Waals surface area contributed by atoms with Crippen LogP contribution in [-0.2, 0) is 14.8 Å². The molecule has 0 aliphatic carbocycles. The summed E-state index contributed by atoms with van der Waals surface area (Å²) >= 11 is 3.12. The molecule has 0 amide bonds. The van der Waals surface area contributed by atoms with Crippen LogP contribution in [0.4, 0.5) is 0 Å². The van der Waals surface area contributed by atoms with Gasteiger partial charge in [-0.25, -0.2) is 13.1 Å². The van der Waals surface area contributed by atoms with Gasteiger partial charge in [-0.05, 0) is 28.4 Å². The summed E-state index contributed by atoms with van der Waals surface area (Å²) in [7, 11) is -3.73. The number of sulfonamides is 1. The van der Waals surface area contributed by atoms with Crippen LogP contribution in [0.2, 0.25) is 0 Å². The molecule has 0 saturated heterocycles. The highest BCUT2D eigenvalue weighted by Gasteiger charge is 2.20. The second-order valence-corrected chi connectivity index (χ2v) is 6.32. The molecule has 1 heterocycles. The van der Waals surface area contributed by atoms with Gasteiger partial charge < -0.3 is 5.11 Å². The maximum absolute atomic E-state index is 11.9. The van der Waals surface area contributed by atoms with Crippen molar-refractivity contribution in [2.75, 3.05) is 6.54 Å². The number of halogens is 1. The highest BCUT2D eigenvalue weighted by molar-refractivity contribution is 9.10. The van der Waals surface area contributed by atoms with Crippen LogP contribution in [0.15, 0.2) is 27.8 Å². The summed E-state index contributed by atoms with van der Waals surface area (Å²) in [6.07, 6.45) is 3.02. The van der Waals surface area contributed by atoms with E-state index in [1.165, 1.54) is 18.5 Å². The molecule has 0 saturated carbocycles. The largest absolute Gasteiger partial charge is 0.481 e. The van der Waals surface area contributed by atoms with Gasteiger partial charge in [-0.1, -0.05) is 6.92 Å². The Bertz CT molecular complexity index is 532. The number of aliphatic carboxylic acids is 1. The van der Waals surface area contributed by atoms with Gasteiger partial charge in [0.05, 0.1) is 5.92 Å². The molecule has 0 aliphatic heterocycles. The van der Waals surface area contributed by atoms with Crippen LogP contribution in [0.5, 0.6) is 0 Å². The van der Waals surface area contributed by atoms with Crippen molar-refractivity contribution in [3.8, 4) is 0 Å². The van der Waals surface area contributed by atoms with Gasteiger partial charge in [0.25, 0.3) is 0 Å². The van der Waals surface area contributed by atoms with Crippen LogP contribution in [0.3, 0.4) is 0 Å². The van der Waals surface area contributed by atoms with E-state index >= 15 is 0 Å². The fourth-order valence-corrected chi connectivity index (χ4v) is 2.82. The molecule has 8 heteroatoms. The maximum Gasteiger partial charge on any atom is 0.307 e. The molecule has 18 heavy (non-hydrogen) atoms. The van der Waals surface area contributed by atoms with Crippen LogP contribution < -0.4 is 4.72 Å². The van der Waals surface area contributed by atoms with Crippen molar-refractivity contribution in [3.63, 3.8) is 0 Å². The molecule has 1 unspecified atom stereocenters. The molecule has 2 N–H and O–H groups in total. The van der Waals surface area contributed by atoms with E-state index in [9.17, 15) is 13.2 Å². The minimum absolute atomic E-state index is 0.00267. The molecule has 1 aromatic heterocycles. The first kappa shape index (κ1) is 15.1. The summed E-state index contributed by atoms with van der Waals surface area (Å²) in [5.74, 6) is -1.76. The lowest BCUT2D eigenvalue weighted by atomic mass is 10.1. The zero-order valence-electron chi connectivity index (χ0n) is 9.63. The lowest BCUT2D eigenvalue weighted by Crippen LogP contribution is -2.32. The first-order valence-corrected chi connectivity index (χ1v) is 7.47. The molecule has 0 aliphatic rings. The second-order valence-electron chi connectivity index (χ2n) is 3.63. The summed E-state index contributed by atoms with van der Waals surface area (Å²) in [5, 5.41) is 8.83. The Balaban J connectivity index is 2.80. The summed E-state index contributed by atoms with van der Waals surface area (Å²) in [6.45, 7) is 1.55. The highest BCUT2D eigenvalue weighted by Crippen LogP contribution is 2.14. The number of nitrogens with one attached hydrogen (secondary N) is 1. The van der Waals surface area contributed by atoms with Gasteiger partial charge in [-0.3, -0.25) is 9.78 Å². The third-order valence-corrected chi connectivity index (χ3v) is 4.18. The quantitative estimate of drug-likeness (QED) is 0.814. The molecule has 1 atom stereocenters. The monoisotopic (exact) mass is 336 g/mol. The van der Waals surface area contributed by atoms with Crippen LogP contribution in [0, 0.1) is 5.92 Å². The van der Waals surface area contributed by atoms with E-state index in [1.807, 2.05) is 0 Å². The average Bonchev–Trinajstić information content (AvgIpc) is 2.29. The van der Waals surface area contributed by atoms with Gasteiger partial charge in [0.15, 0.2) is 0 Å². The van der Waals surface area contributed by atoms with Crippen molar-refractivity contribution in [1.82, 2.24) is 9.71 Å². The van der Waals surface area contributed by atoms with E-state index in [-0.39, 0.29) is 11.4 Å². The lowest BCUT2D eigenvalue weighted by molar-refractivity contribution is -0.141. The molecule has 0 aromatic carbocycles. The zero-order chi connectivity index (χ0) is 13.8. The minimum atomic E-state index is -3.73. The van der Waals surface area contributed by atoms with E-state index in [4.69, 9.17) is 5.11 Å². The van der Waals surface area contributed by atoms with Gasteiger partial charge in [-0.15, -0.1) is 0 Å². The predicted octanol–water partition coefficient (Wildman–Crippen LogP) is 1.23. The van der Waals surface area contributed by atoms with E-state index in [0.29, 0.717) is 10.9 Å². The second kappa shape index (κ2) is 6.26. The van der Waals surface area contributed by atoms with Crippen LogP contribution in [0.25, 0.3) is 0 Å². The number of carbonyl (C=O) groups is 1. The predicted molar refractivity (Wildman–Crippen MR) is 68.5 cm³/mol. The normalized spacial score (nSPS) is 13.2. The fourth-order valence-electron chi connectivity index (χ4n) is 1.24. The number of carboxylic acid groups (broad SMARTS) is 1. The first-order valence-electron chi connectivity index (χ1n) is 5.20. The Morgan fingerprint density at radius 3 is 2.72 bits per heavy atom. The number of pyridine rings is 1. The summed E-state index contributed by atoms with van der Waals surface area (Å²) in [4.78, 5) is 14.5. The van der Waals surface area contributed by atoms with E-state index in [1.54, 1.807) is 6.92 Å². The third-order valence-electron chi connectivity index (χ3n) is 2.35. The molecule has 6 nitrogen and oxygen atoms in total. The average molecular weight is 337 g/mol. The molecule has 0 bridgehead atoms. The molecule has 0 radical (unpaired) electrons. The lowest BCUT2D eigenvalue weighted by Gasteiger charge is -2.11. The molecule has 0 fully saturated rings. The highest BCUT2D eigenvalue weighted by atomic mass is 79.9.